The number of benzene rings is 2. The molecular weight excluding hydrogens is 260 g/mol. The molecule has 0 aliphatic heterocycles. The van der Waals surface area contributed by atoms with Crippen molar-refractivity contribution < 1.29 is 4.79 Å². The molecule has 0 fully saturated rings. The van der Waals surface area contributed by atoms with E-state index in [-0.39, 0.29) is 5.91 Å². The van der Waals surface area contributed by atoms with E-state index in [0.717, 1.165) is 0 Å². The first-order valence-electron chi connectivity index (χ1n) is 6.05. The van der Waals surface area contributed by atoms with Gasteiger partial charge in [0.2, 0.25) is 0 Å². The van der Waals surface area contributed by atoms with E-state index < -0.39 is 0 Å². The van der Waals surface area contributed by atoms with Gasteiger partial charge < -0.3 is 10.6 Å². The van der Waals surface area contributed by atoms with Crippen molar-refractivity contribution in [3.63, 3.8) is 0 Å². The van der Waals surface area contributed by atoms with Gasteiger partial charge in [-0.3, -0.25) is 4.79 Å². The minimum Gasteiger partial charge on any atom is -0.329 e. The molecule has 3 nitrogen and oxygen atoms in total. The lowest BCUT2D eigenvalue weighted by Gasteiger charge is -2.23. The van der Waals surface area contributed by atoms with E-state index in [0.29, 0.717) is 29.4 Å². The highest BCUT2D eigenvalue weighted by atomic mass is 35.5. The van der Waals surface area contributed by atoms with Gasteiger partial charge in [-0.15, -0.1) is 0 Å². The molecule has 0 atom stereocenters. The molecule has 2 rings (SSSR count). The first-order chi connectivity index (χ1) is 9.24. The molecule has 0 unspecified atom stereocenters. The second-order valence-electron chi connectivity index (χ2n) is 4.06. The number of carbonyl (C=O) groups is 1. The van der Waals surface area contributed by atoms with Gasteiger partial charge in [-0.1, -0.05) is 41.9 Å². The molecular formula is C15H15ClN2O. The molecule has 0 spiro atoms. The van der Waals surface area contributed by atoms with Gasteiger partial charge in [-0.05, 0) is 24.3 Å². The number of carbonyl (C=O) groups excluding carboxylic acids is 1. The molecule has 0 heterocycles. The summed E-state index contributed by atoms with van der Waals surface area (Å²) in [7, 11) is 0. The summed E-state index contributed by atoms with van der Waals surface area (Å²) in [5.41, 5.74) is 6.90. The van der Waals surface area contributed by atoms with Crippen molar-refractivity contribution in [3.05, 3.63) is 65.2 Å². The first kappa shape index (κ1) is 13.6. The van der Waals surface area contributed by atoms with Gasteiger partial charge in [0.1, 0.15) is 0 Å². The van der Waals surface area contributed by atoms with Gasteiger partial charge in [-0.2, -0.15) is 0 Å². The molecule has 98 valence electrons. The summed E-state index contributed by atoms with van der Waals surface area (Å²) < 4.78 is 0. The molecule has 0 bridgehead atoms. The van der Waals surface area contributed by atoms with Crippen molar-refractivity contribution in [1.29, 1.82) is 0 Å². The van der Waals surface area contributed by atoms with E-state index in [1.54, 1.807) is 23.1 Å². The third-order valence-electron chi connectivity index (χ3n) is 2.76. The molecule has 1 amide bonds. The Morgan fingerprint density at radius 3 is 2.32 bits per heavy atom. The van der Waals surface area contributed by atoms with Gasteiger partial charge in [0, 0.05) is 18.7 Å². The average Bonchev–Trinajstić information content (AvgIpc) is 2.46. The van der Waals surface area contributed by atoms with Gasteiger partial charge in [0.05, 0.1) is 10.7 Å². The predicted octanol–water partition coefficient (Wildman–Crippen LogP) is 2.95. The zero-order valence-electron chi connectivity index (χ0n) is 10.4. The highest BCUT2D eigenvalue weighted by molar-refractivity contribution is 6.34. The standard InChI is InChI=1S/C15H15ClN2O/c16-13-8-4-5-9-14(13)18(11-10-17)15(19)12-6-2-1-3-7-12/h1-9H,10-11,17H2. The normalized spacial score (nSPS) is 10.2. The van der Waals surface area contributed by atoms with E-state index in [2.05, 4.69) is 0 Å². The molecule has 0 radical (unpaired) electrons. The predicted molar refractivity (Wildman–Crippen MR) is 78.6 cm³/mol. The van der Waals surface area contributed by atoms with Crippen LogP contribution in [0, 0.1) is 0 Å². The minimum atomic E-state index is -0.0980. The van der Waals surface area contributed by atoms with Gasteiger partial charge in [0.25, 0.3) is 5.91 Å². The van der Waals surface area contributed by atoms with E-state index in [1.807, 2.05) is 36.4 Å². The molecule has 0 aliphatic rings. The van der Waals surface area contributed by atoms with Crippen LogP contribution in [-0.4, -0.2) is 19.0 Å². The molecule has 2 N–H and O–H groups in total. The third-order valence-corrected chi connectivity index (χ3v) is 3.08. The van der Waals surface area contributed by atoms with E-state index >= 15 is 0 Å². The number of halogens is 1. The van der Waals surface area contributed by atoms with Crippen molar-refractivity contribution in [1.82, 2.24) is 0 Å². The lowest BCUT2D eigenvalue weighted by Crippen LogP contribution is -2.35. The summed E-state index contributed by atoms with van der Waals surface area (Å²) in [5, 5.41) is 0.542. The fourth-order valence-corrected chi connectivity index (χ4v) is 2.11. The Morgan fingerprint density at radius 1 is 1.05 bits per heavy atom. The number of nitrogens with two attached hydrogens (primary N) is 1. The van der Waals surface area contributed by atoms with E-state index in [9.17, 15) is 4.79 Å². The largest absolute Gasteiger partial charge is 0.329 e. The van der Waals surface area contributed by atoms with Crippen molar-refractivity contribution >= 4 is 23.2 Å². The Morgan fingerprint density at radius 2 is 1.68 bits per heavy atom. The monoisotopic (exact) mass is 274 g/mol. The SMILES string of the molecule is NCCN(C(=O)c1ccccc1)c1ccccc1Cl. The summed E-state index contributed by atoms with van der Waals surface area (Å²) in [6.07, 6.45) is 0. The number of hydrogen-bond acceptors (Lipinski definition) is 2. The Hall–Kier alpha value is -1.84. The number of anilines is 1. The Balaban J connectivity index is 2.36. The molecule has 0 saturated heterocycles. The van der Waals surface area contributed by atoms with Crippen LogP contribution in [0.25, 0.3) is 0 Å². The number of amides is 1. The zero-order valence-corrected chi connectivity index (χ0v) is 11.2. The molecule has 0 aliphatic carbocycles. The molecule has 0 aromatic heterocycles. The number of para-hydroxylation sites is 1. The van der Waals surface area contributed by atoms with Crippen molar-refractivity contribution in [3.8, 4) is 0 Å². The quantitative estimate of drug-likeness (QED) is 0.932. The fraction of sp³-hybridized carbons (Fsp3) is 0.133. The zero-order chi connectivity index (χ0) is 13.7. The Bertz CT molecular complexity index is 557. The van der Waals surface area contributed by atoms with Gasteiger partial charge >= 0.3 is 0 Å². The van der Waals surface area contributed by atoms with Crippen LogP contribution in [0.5, 0.6) is 0 Å². The molecule has 2 aromatic carbocycles. The van der Waals surface area contributed by atoms with Crippen LogP contribution in [0.3, 0.4) is 0 Å². The number of rotatable bonds is 4. The van der Waals surface area contributed by atoms with Crippen LogP contribution in [0.4, 0.5) is 5.69 Å². The fourth-order valence-electron chi connectivity index (χ4n) is 1.87. The van der Waals surface area contributed by atoms with Crippen molar-refractivity contribution in [2.45, 2.75) is 0 Å². The van der Waals surface area contributed by atoms with Crippen molar-refractivity contribution in [2.75, 3.05) is 18.0 Å². The van der Waals surface area contributed by atoms with Crippen LogP contribution in [0.2, 0.25) is 5.02 Å². The second kappa shape index (κ2) is 6.36. The maximum atomic E-state index is 12.5. The summed E-state index contributed by atoms with van der Waals surface area (Å²) in [4.78, 5) is 14.1. The maximum absolute atomic E-state index is 12.5. The van der Waals surface area contributed by atoms with Crippen LogP contribution in [0.1, 0.15) is 10.4 Å². The lowest BCUT2D eigenvalue weighted by molar-refractivity contribution is 0.0987. The Kier molecular flexibility index (Phi) is 4.55. The number of nitrogens with zero attached hydrogens (tertiary/aromatic N) is 1. The Labute approximate surface area is 117 Å². The van der Waals surface area contributed by atoms with E-state index in [4.69, 9.17) is 17.3 Å². The highest BCUT2D eigenvalue weighted by Gasteiger charge is 2.18. The van der Waals surface area contributed by atoms with Crippen LogP contribution < -0.4 is 10.6 Å². The highest BCUT2D eigenvalue weighted by Crippen LogP contribution is 2.26. The van der Waals surface area contributed by atoms with Crippen LogP contribution in [0.15, 0.2) is 54.6 Å². The average molecular weight is 275 g/mol. The van der Waals surface area contributed by atoms with Crippen molar-refractivity contribution in [2.24, 2.45) is 5.73 Å². The van der Waals surface area contributed by atoms with Gasteiger partial charge in [0.15, 0.2) is 0 Å². The lowest BCUT2D eigenvalue weighted by atomic mass is 10.2. The summed E-state index contributed by atoms with van der Waals surface area (Å²) in [6.45, 7) is 0.807. The van der Waals surface area contributed by atoms with Crippen LogP contribution in [-0.2, 0) is 0 Å². The smallest absolute Gasteiger partial charge is 0.258 e. The molecule has 0 saturated carbocycles. The molecule has 19 heavy (non-hydrogen) atoms. The molecule has 2 aromatic rings. The topological polar surface area (TPSA) is 46.3 Å². The first-order valence-corrected chi connectivity index (χ1v) is 6.43. The summed E-state index contributed by atoms with van der Waals surface area (Å²) in [5.74, 6) is -0.0980. The van der Waals surface area contributed by atoms with Crippen LogP contribution >= 0.6 is 11.6 Å². The third kappa shape index (κ3) is 3.13. The second-order valence-corrected chi connectivity index (χ2v) is 4.47. The van der Waals surface area contributed by atoms with E-state index in [1.165, 1.54) is 0 Å². The molecule has 4 heteroatoms. The number of hydrogen-bond donors (Lipinski definition) is 1. The summed E-state index contributed by atoms with van der Waals surface area (Å²) in [6, 6.07) is 16.4. The van der Waals surface area contributed by atoms with Gasteiger partial charge in [-0.25, -0.2) is 0 Å². The maximum Gasteiger partial charge on any atom is 0.258 e. The minimum absolute atomic E-state index is 0.0980. The summed E-state index contributed by atoms with van der Waals surface area (Å²) >= 11 is 6.15.